The van der Waals surface area contributed by atoms with Crippen LogP contribution in [0.1, 0.15) is 43.1 Å². The number of aromatic nitrogens is 2. The first-order valence-corrected chi connectivity index (χ1v) is 6.06. The first-order valence-electron chi connectivity index (χ1n) is 5.68. The minimum Gasteiger partial charge on any atom is -0.391 e. The summed E-state index contributed by atoms with van der Waals surface area (Å²) in [6.07, 6.45) is 5.20. The van der Waals surface area contributed by atoms with Gasteiger partial charge in [-0.1, -0.05) is 18.0 Å². The van der Waals surface area contributed by atoms with Crippen LogP contribution in [0, 0.1) is 0 Å². The first kappa shape index (κ1) is 9.67. The van der Waals surface area contributed by atoms with Gasteiger partial charge in [0.2, 0.25) is 0 Å². The monoisotopic (exact) mass is 226 g/mol. The summed E-state index contributed by atoms with van der Waals surface area (Å²) in [5, 5.41) is 10.3. The van der Waals surface area contributed by atoms with Gasteiger partial charge < -0.3 is 9.67 Å². The van der Waals surface area contributed by atoms with Crippen molar-refractivity contribution in [3.63, 3.8) is 0 Å². The molecule has 0 bridgehead atoms. The van der Waals surface area contributed by atoms with Gasteiger partial charge in [0, 0.05) is 5.92 Å². The van der Waals surface area contributed by atoms with E-state index in [-0.39, 0.29) is 6.10 Å². The zero-order valence-corrected chi connectivity index (χ0v) is 9.37. The molecule has 3 nitrogen and oxygen atoms in total. The SMILES string of the molecule is OC1CCc2c(Cl)nc(C3CCC3)n2C1. The normalized spacial score (nSPS) is 26.1. The molecule has 4 heteroatoms. The van der Waals surface area contributed by atoms with Crippen LogP contribution in [0.2, 0.25) is 5.15 Å². The molecular formula is C11H15ClN2O. The third kappa shape index (κ3) is 1.49. The van der Waals surface area contributed by atoms with Crippen LogP contribution >= 0.6 is 11.6 Å². The maximum Gasteiger partial charge on any atom is 0.150 e. The van der Waals surface area contributed by atoms with E-state index < -0.39 is 0 Å². The second-order valence-electron chi connectivity index (χ2n) is 4.64. The Morgan fingerprint density at radius 2 is 2.13 bits per heavy atom. The molecule has 1 saturated carbocycles. The van der Waals surface area contributed by atoms with Crippen molar-refractivity contribution in [1.82, 2.24) is 9.55 Å². The Bertz CT molecular complexity index is 384. The molecule has 0 spiro atoms. The molecule has 1 aromatic rings. The van der Waals surface area contributed by atoms with Crippen LogP contribution in [0.25, 0.3) is 0 Å². The Labute approximate surface area is 94.1 Å². The number of fused-ring (bicyclic) bond motifs is 1. The number of aliphatic hydroxyl groups is 1. The van der Waals surface area contributed by atoms with Crippen molar-refractivity contribution in [2.24, 2.45) is 0 Å². The highest BCUT2D eigenvalue weighted by Crippen LogP contribution is 2.38. The number of hydrogen-bond donors (Lipinski definition) is 1. The Morgan fingerprint density at radius 3 is 2.80 bits per heavy atom. The van der Waals surface area contributed by atoms with Crippen molar-refractivity contribution >= 4 is 11.6 Å². The van der Waals surface area contributed by atoms with E-state index in [0.29, 0.717) is 17.6 Å². The zero-order valence-electron chi connectivity index (χ0n) is 8.62. The van der Waals surface area contributed by atoms with E-state index in [9.17, 15) is 5.11 Å². The van der Waals surface area contributed by atoms with Crippen LogP contribution in [-0.2, 0) is 13.0 Å². The number of halogens is 1. The van der Waals surface area contributed by atoms with Crippen LogP contribution in [0.5, 0.6) is 0 Å². The van der Waals surface area contributed by atoms with E-state index in [2.05, 4.69) is 9.55 Å². The van der Waals surface area contributed by atoms with Crippen molar-refractivity contribution < 1.29 is 5.11 Å². The molecule has 1 fully saturated rings. The third-order valence-corrected chi connectivity index (χ3v) is 3.93. The van der Waals surface area contributed by atoms with Gasteiger partial charge in [-0.15, -0.1) is 0 Å². The van der Waals surface area contributed by atoms with E-state index in [1.165, 1.54) is 19.3 Å². The molecule has 2 aliphatic rings. The fourth-order valence-corrected chi connectivity index (χ4v) is 2.78. The quantitative estimate of drug-likeness (QED) is 0.797. The highest BCUT2D eigenvalue weighted by Gasteiger charge is 2.30. The van der Waals surface area contributed by atoms with Crippen LogP contribution < -0.4 is 0 Å². The van der Waals surface area contributed by atoms with Crippen molar-refractivity contribution in [3.05, 3.63) is 16.7 Å². The van der Waals surface area contributed by atoms with E-state index in [1.807, 2.05) is 0 Å². The Balaban J connectivity index is 2.00. The topological polar surface area (TPSA) is 38.1 Å². The zero-order chi connectivity index (χ0) is 10.4. The molecule has 1 aliphatic heterocycles. The van der Waals surface area contributed by atoms with Crippen molar-refractivity contribution in [1.29, 1.82) is 0 Å². The molecule has 3 rings (SSSR count). The molecule has 82 valence electrons. The van der Waals surface area contributed by atoms with Gasteiger partial charge in [-0.2, -0.15) is 0 Å². The molecule has 15 heavy (non-hydrogen) atoms. The van der Waals surface area contributed by atoms with E-state index in [4.69, 9.17) is 11.6 Å². The van der Waals surface area contributed by atoms with Gasteiger partial charge in [0.15, 0.2) is 5.15 Å². The Kier molecular flexibility index (Phi) is 2.25. The van der Waals surface area contributed by atoms with Gasteiger partial charge in [0.05, 0.1) is 18.3 Å². The first-order chi connectivity index (χ1) is 7.25. The number of aliphatic hydroxyl groups excluding tert-OH is 1. The number of hydrogen-bond acceptors (Lipinski definition) is 2. The molecule has 1 aliphatic carbocycles. The van der Waals surface area contributed by atoms with E-state index in [1.54, 1.807) is 0 Å². The summed E-state index contributed by atoms with van der Waals surface area (Å²) < 4.78 is 2.15. The summed E-state index contributed by atoms with van der Waals surface area (Å²) in [5.74, 6) is 1.70. The van der Waals surface area contributed by atoms with Crippen molar-refractivity contribution in [3.8, 4) is 0 Å². The molecule has 1 unspecified atom stereocenters. The fourth-order valence-electron chi connectivity index (χ4n) is 2.50. The maximum absolute atomic E-state index is 9.67. The average molecular weight is 227 g/mol. The maximum atomic E-state index is 9.67. The average Bonchev–Trinajstić information content (AvgIpc) is 2.41. The third-order valence-electron chi connectivity index (χ3n) is 3.63. The molecular weight excluding hydrogens is 212 g/mol. The summed E-state index contributed by atoms with van der Waals surface area (Å²) in [7, 11) is 0. The number of imidazole rings is 1. The van der Waals surface area contributed by atoms with Gasteiger partial charge >= 0.3 is 0 Å². The standard InChI is InChI=1S/C11H15ClN2O/c12-10-9-5-4-8(15)6-14(9)11(13-10)7-2-1-3-7/h7-8,15H,1-6H2. The fraction of sp³-hybridized carbons (Fsp3) is 0.727. The molecule has 0 radical (unpaired) electrons. The van der Waals surface area contributed by atoms with Crippen LogP contribution in [0.4, 0.5) is 0 Å². The molecule has 1 aromatic heterocycles. The highest BCUT2D eigenvalue weighted by molar-refractivity contribution is 6.30. The summed E-state index contributed by atoms with van der Waals surface area (Å²) in [6, 6.07) is 0. The molecule has 0 amide bonds. The number of nitrogens with zero attached hydrogens (tertiary/aromatic N) is 2. The Hall–Kier alpha value is -0.540. The second-order valence-corrected chi connectivity index (χ2v) is 5.00. The predicted octanol–water partition coefficient (Wildman–Crippen LogP) is 2.11. The minimum atomic E-state index is -0.221. The van der Waals surface area contributed by atoms with Crippen LogP contribution in [0.3, 0.4) is 0 Å². The summed E-state index contributed by atoms with van der Waals surface area (Å²) in [5.41, 5.74) is 1.13. The van der Waals surface area contributed by atoms with Gasteiger partial charge in [-0.3, -0.25) is 0 Å². The van der Waals surface area contributed by atoms with Gasteiger partial charge in [0.25, 0.3) is 0 Å². The van der Waals surface area contributed by atoms with Crippen molar-refractivity contribution in [2.45, 2.75) is 50.7 Å². The van der Waals surface area contributed by atoms with Crippen LogP contribution in [-0.4, -0.2) is 20.8 Å². The molecule has 0 saturated heterocycles. The lowest BCUT2D eigenvalue weighted by molar-refractivity contribution is 0.128. The predicted molar refractivity (Wildman–Crippen MR) is 58.2 cm³/mol. The minimum absolute atomic E-state index is 0.221. The molecule has 2 heterocycles. The van der Waals surface area contributed by atoms with E-state index >= 15 is 0 Å². The lowest BCUT2D eigenvalue weighted by atomic mass is 9.84. The smallest absolute Gasteiger partial charge is 0.150 e. The molecule has 1 atom stereocenters. The highest BCUT2D eigenvalue weighted by atomic mass is 35.5. The summed E-state index contributed by atoms with van der Waals surface area (Å²) in [4.78, 5) is 4.47. The van der Waals surface area contributed by atoms with Gasteiger partial charge in [-0.05, 0) is 25.7 Å². The summed E-state index contributed by atoms with van der Waals surface area (Å²) in [6.45, 7) is 0.681. The second kappa shape index (κ2) is 3.49. The molecule has 1 N–H and O–H groups in total. The van der Waals surface area contributed by atoms with Crippen molar-refractivity contribution in [2.75, 3.05) is 0 Å². The lowest BCUT2D eigenvalue weighted by Gasteiger charge is -2.28. The Morgan fingerprint density at radius 1 is 1.33 bits per heavy atom. The van der Waals surface area contributed by atoms with E-state index in [0.717, 1.165) is 24.4 Å². The number of rotatable bonds is 1. The summed E-state index contributed by atoms with van der Waals surface area (Å²) >= 11 is 6.12. The van der Waals surface area contributed by atoms with Crippen LogP contribution in [0.15, 0.2) is 0 Å². The van der Waals surface area contributed by atoms with Gasteiger partial charge in [0.1, 0.15) is 5.82 Å². The largest absolute Gasteiger partial charge is 0.391 e. The lowest BCUT2D eigenvalue weighted by Crippen LogP contribution is -2.27. The van der Waals surface area contributed by atoms with Gasteiger partial charge in [-0.25, -0.2) is 4.98 Å². The molecule has 0 aromatic carbocycles.